The van der Waals surface area contributed by atoms with Crippen LogP contribution in [0.4, 0.5) is 17.2 Å². The number of primary amides is 1. The molecule has 0 atom stereocenters. The van der Waals surface area contributed by atoms with Crippen LogP contribution in [-0.4, -0.2) is 54.0 Å². The maximum atomic E-state index is 11.9. The Balaban J connectivity index is 1.90. The molecular formula is C20H27ClN6O. The molecule has 28 heavy (non-hydrogen) atoms. The van der Waals surface area contributed by atoms with Crippen molar-refractivity contribution in [2.24, 2.45) is 5.73 Å². The van der Waals surface area contributed by atoms with Crippen molar-refractivity contribution in [3.05, 3.63) is 40.3 Å². The predicted molar refractivity (Wildman–Crippen MR) is 114 cm³/mol. The lowest BCUT2D eigenvalue weighted by Gasteiger charge is -2.34. The Morgan fingerprint density at radius 2 is 1.89 bits per heavy atom. The number of benzene rings is 1. The van der Waals surface area contributed by atoms with Crippen LogP contribution >= 0.6 is 11.6 Å². The van der Waals surface area contributed by atoms with Gasteiger partial charge in [-0.25, -0.2) is 9.97 Å². The molecule has 3 rings (SSSR count). The van der Waals surface area contributed by atoms with Gasteiger partial charge in [-0.05, 0) is 43.7 Å². The zero-order chi connectivity index (χ0) is 20.3. The van der Waals surface area contributed by atoms with Gasteiger partial charge in [-0.2, -0.15) is 0 Å². The molecule has 0 saturated carbocycles. The molecule has 2 heterocycles. The number of anilines is 3. The number of rotatable bonds is 6. The third-order valence-electron chi connectivity index (χ3n) is 5.08. The van der Waals surface area contributed by atoms with E-state index in [0.29, 0.717) is 12.1 Å². The number of piperazine rings is 1. The van der Waals surface area contributed by atoms with Gasteiger partial charge in [0.1, 0.15) is 0 Å². The molecule has 0 unspecified atom stereocenters. The van der Waals surface area contributed by atoms with Gasteiger partial charge in [0.05, 0.1) is 5.69 Å². The molecule has 150 valence electrons. The summed E-state index contributed by atoms with van der Waals surface area (Å²) in [6, 6.07) is 6.29. The van der Waals surface area contributed by atoms with Gasteiger partial charge >= 0.3 is 0 Å². The second-order valence-electron chi connectivity index (χ2n) is 6.99. The van der Waals surface area contributed by atoms with Crippen LogP contribution in [-0.2, 0) is 12.8 Å². The highest BCUT2D eigenvalue weighted by molar-refractivity contribution is 6.30. The molecule has 0 spiro atoms. The van der Waals surface area contributed by atoms with Crippen LogP contribution in [0.3, 0.4) is 0 Å². The number of hydrogen-bond acceptors (Lipinski definition) is 6. The molecule has 0 aliphatic carbocycles. The first kappa shape index (κ1) is 20.4. The average molecular weight is 403 g/mol. The molecular weight excluding hydrogens is 376 g/mol. The Labute approximate surface area is 170 Å². The molecule has 1 aliphatic rings. The summed E-state index contributed by atoms with van der Waals surface area (Å²) in [5.74, 6) is -0.342. The van der Waals surface area contributed by atoms with Crippen LogP contribution in [0.15, 0.2) is 18.2 Å². The second-order valence-corrected chi connectivity index (χ2v) is 7.34. The minimum Gasteiger partial charge on any atom is -0.369 e. The number of aromatic nitrogens is 2. The Morgan fingerprint density at radius 3 is 2.50 bits per heavy atom. The number of amides is 1. The van der Waals surface area contributed by atoms with Crippen molar-refractivity contribution in [3.8, 4) is 0 Å². The Hall–Kier alpha value is -2.38. The van der Waals surface area contributed by atoms with Crippen LogP contribution in [0.5, 0.6) is 0 Å². The van der Waals surface area contributed by atoms with Crippen molar-refractivity contribution in [1.29, 1.82) is 0 Å². The highest BCUT2D eigenvalue weighted by Gasteiger charge is 2.19. The zero-order valence-corrected chi connectivity index (χ0v) is 17.4. The normalized spacial score (nSPS) is 14.9. The van der Waals surface area contributed by atoms with E-state index in [1.807, 2.05) is 13.0 Å². The summed E-state index contributed by atoms with van der Waals surface area (Å²) < 4.78 is 0. The fourth-order valence-corrected chi connectivity index (χ4v) is 3.58. The molecule has 1 amide bonds. The van der Waals surface area contributed by atoms with Crippen molar-refractivity contribution in [2.75, 3.05) is 43.4 Å². The lowest BCUT2D eigenvalue weighted by Crippen LogP contribution is -2.44. The first-order valence-electron chi connectivity index (χ1n) is 9.62. The number of hydrogen-bond donors (Lipinski definition) is 2. The van der Waals surface area contributed by atoms with Gasteiger partial charge in [0.25, 0.3) is 5.91 Å². The number of likely N-dealkylation sites (N-methyl/N-ethyl adjacent to an activating group) is 1. The van der Waals surface area contributed by atoms with Crippen molar-refractivity contribution in [1.82, 2.24) is 14.9 Å². The fraction of sp³-hybridized carbons (Fsp3) is 0.450. The van der Waals surface area contributed by atoms with Crippen molar-refractivity contribution in [2.45, 2.75) is 26.7 Å². The summed E-state index contributed by atoms with van der Waals surface area (Å²) in [4.78, 5) is 25.2. The summed E-state index contributed by atoms with van der Waals surface area (Å²) >= 11 is 6.21. The fourth-order valence-electron chi connectivity index (χ4n) is 3.32. The second kappa shape index (κ2) is 8.75. The number of carbonyl (C=O) groups is 1. The van der Waals surface area contributed by atoms with E-state index in [0.717, 1.165) is 43.9 Å². The summed E-state index contributed by atoms with van der Waals surface area (Å²) in [5.41, 5.74) is 9.38. The zero-order valence-electron chi connectivity index (χ0n) is 16.6. The van der Waals surface area contributed by atoms with E-state index in [4.69, 9.17) is 17.3 Å². The highest BCUT2D eigenvalue weighted by Crippen LogP contribution is 2.28. The third kappa shape index (κ3) is 4.36. The van der Waals surface area contributed by atoms with Gasteiger partial charge < -0.3 is 20.9 Å². The van der Waals surface area contributed by atoms with E-state index in [9.17, 15) is 4.79 Å². The maximum Gasteiger partial charge on any atom is 0.271 e. The van der Waals surface area contributed by atoms with E-state index < -0.39 is 5.91 Å². The molecule has 3 N–H and O–H groups in total. The van der Waals surface area contributed by atoms with Gasteiger partial charge in [-0.3, -0.25) is 4.79 Å². The Kier molecular flexibility index (Phi) is 6.36. The molecule has 1 aromatic carbocycles. The minimum absolute atomic E-state index is 0.103. The molecule has 0 radical (unpaired) electrons. The van der Waals surface area contributed by atoms with E-state index in [1.165, 1.54) is 5.69 Å². The van der Waals surface area contributed by atoms with Crippen LogP contribution in [0, 0.1) is 0 Å². The van der Waals surface area contributed by atoms with E-state index in [2.05, 4.69) is 51.2 Å². The third-order valence-corrected chi connectivity index (χ3v) is 5.38. The highest BCUT2D eigenvalue weighted by atomic mass is 35.5. The largest absolute Gasteiger partial charge is 0.369 e. The SMILES string of the molecule is CCc1cc(N2CCN(C)CC2)ccc1Nc1nc(Cl)c(CC)nc1C(N)=O. The van der Waals surface area contributed by atoms with Crippen molar-refractivity contribution in [3.63, 3.8) is 0 Å². The molecule has 1 saturated heterocycles. The predicted octanol–water partition coefficient (Wildman–Crippen LogP) is 2.85. The monoisotopic (exact) mass is 402 g/mol. The molecule has 1 aliphatic heterocycles. The Morgan fingerprint density at radius 1 is 1.18 bits per heavy atom. The van der Waals surface area contributed by atoms with Gasteiger partial charge in [-0.1, -0.05) is 25.4 Å². The topological polar surface area (TPSA) is 87.4 Å². The lowest BCUT2D eigenvalue weighted by molar-refractivity contribution is 0.0996. The standard InChI is InChI=1S/C20H27ClN6O/c1-4-13-12-14(27-10-8-26(3)9-11-27)6-7-16(13)24-20-17(19(22)28)23-15(5-2)18(21)25-20/h6-7,12H,4-5,8-11H2,1-3H3,(H2,22,28)(H,24,25). The van der Waals surface area contributed by atoms with Crippen LogP contribution in [0.25, 0.3) is 0 Å². The summed E-state index contributed by atoms with van der Waals surface area (Å²) in [6.07, 6.45) is 1.41. The minimum atomic E-state index is -0.631. The summed E-state index contributed by atoms with van der Waals surface area (Å²) in [5, 5.41) is 3.50. The van der Waals surface area contributed by atoms with E-state index in [1.54, 1.807) is 0 Å². The number of nitrogens with two attached hydrogens (primary N) is 1. The van der Waals surface area contributed by atoms with E-state index in [-0.39, 0.29) is 16.7 Å². The van der Waals surface area contributed by atoms with Gasteiger partial charge in [-0.15, -0.1) is 0 Å². The lowest BCUT2D eigenvalue weighted by atomic mass is 10.1. The van der Waals surface area contributed by atoms with Crippen LogP contribution in [0.1, 0.15) is 35.6 Å². The smallest absolute Gasteiger partial charge is 0.271 e. The number of aryl methyl sites for hydroxylation is 2. The van der Waals surface area contributed by atoms with Crippen LogP contribution in [0.2, 0.25) is 5.15 Å². The number of halogens is 1. The van der Waals surface area contributed by atoms with Crippen molar-refractivity contribution >= 4 is 34.7 Å². The number of nitrogens with zero attached hydrogens (tertiary/aromatic N) is 4. The number of nitrogens with one attached hydrogen (secondary N) is 1. The first-order chi connectivity index (χ1) is 13.4. The quantitative estimate of drug-likeness (QED) is 0.772. The van der Waals surface area contributed by atoms with Gasteiger partial charge in [0.2, 0.25) is 0 Å². The first-order valence-corrected chi connectivity index (χ1v) is 10.00. The summed E-state index contributed by atoms with van der Waals surface area (Å²) in [7, 11) is 2.15. The maximum absolute atomic E-state index is 11.9. The average Bonchev–Trinajstić information content (AvgIpc) is 2.69. The molecule has 2 aromatic rings. The van der Waals surface area contributed by atoms with Gasteiger partial charge in [0.15, 0.2) is 16.7 Å². The van der Waals surface area contributed by atoms with Gasteiger partial charge in [0, 0.05) is 37.6 Å². The molecule has 1 fully saturated rings. The summed E-state index contributed by atoms with van der Waals surface area (Å²) in [6.45, 7) is 8.14. The van der Waals surface area contributed by atoms with Crippen molar-refractivity contribution < 1.29 is 4.79 Å². The van der Waals surface area contributed by atoms with Crippen LogP contribution < -0.4 is 16.0 Å². The molecule has 0 bridgehead atoms. The molecule has 7 nitrogen and oxygen atoms in total. The van der Waals surface area contributed by atoms with E-state index >= 15 is 0 Å². The number of carbonyl (C=O) groups excluding carboxylic acids is 1. The molecule has 1 aromatic heterocycles. The molecule has 8 heteroatoms. The Bertz CT molecular complexity index is 864.